The van der Waals surface area contributed by atoms with Gasteiger partial charge in [0.25, 0.3) is 0 Å². The van der Waals surface area contributed by atoms with Crippen LogP contribution < -0.4 is 10.6 Å². The Morgan fingerprint density at radius 1 is 1.39 bits per heavy atom. The van der Waals surface area contributed by atoms with Gasteiger partial charge in [-0.15, -0.1) is 0 Å². The molecule has 102 valence electrons. The summed E-state index contributed by atoms with van der Waals surface area (Å²) in [6.07, 6.45) is 1.00. The van der Waals surface area contributed by atoms with E-state index in [-0.39, 0.29) is 30.6 Å². The maximum Gasteiger partial charge on any atom is 0.305 e. The van der Waals surface area contributed by atoms with Gasteiger partial charge in [0.2, 0.25) is 11.8 Å². The predicted molar refractivity (Wildman–Crippen MR) is 64.8 cm³/mol. The zero-order chi connectivity index (χ0) is 13.7. The Labute approximate surface area is 106 Å². The van der Waals surface area contributed by atoms with Crippen LogP contribution >= 0.6 is 0 Å². The molecule has 3 atom stereocenters. The monoisotopic (exact) mass is 256 g/mol. The van der Waals surface area contributed by atoms with Gasteiger partial charge in [-0.25, -0.2) is 0 Å². The fourth-order valence-electron chi connectivity index (χ4n) is 1.78. The smallest absolute Gasteiger partial charge is 0.305 e. The first-order valence-corrected chi connectivity index (χ1v) is 6.19. The number of carboxylic acid groups (broad SMARTS) is 1. The summed E-state index contributed by atoms with van der Waals surface area (Å²) in [5.41, 5.74) is 0. The third kappa shape index (κ3) is 5.16. The minimum absolute atomic E-state index is 0.00823. The lowest BCUT2D eigenvalue weighted by Crippen LogP contribution is -2.37. The number of carboxylic acids is 1. The van der Waals surface area contributed by atoms with Gasteiger partial charge in [-0.2, -0.15) is 0 Å². The van der Waals surface area contributed by atoms with E-state index in [9.17, 15) is 14.4 Å². The SMILES string of the molecule is CC(CC(=O)O)NC(=O)CCNC(=O)C1CC1C. The predicted octanol–water partition coefficient (Wildman–Crippen LogP) is 0.128. The summed E-state index contributed by atoms with van der Waals surface area (Å²) < 4.78 is 0. The molecule has 0 spiro atoms. The average molecular weight is 256 g/mol. The Bertz CT molecular complexity index is 343. The molecular weight excluding hydrogens is 236 g/mol. The van der Waals surface area contributed by atoms with Crippen LogP contribution in [0.25, 0.3) is 0 Å². The minimum Gasteiger partial charge on any atom is -0.481 e. The molecule has 0 bridgehead atoms. The van der Waals surface area contributed by atoms with E-state index in [1.54, 1.807) is 6.92 Å². The molecule has 3 unspecified atom stereocenters. The molecule has 0 aromatic heterocycles. The second-order valence-electron chi connectivity index (χ2n) is 4.93. The Morgan fingerprint density at radius 2 is 2.00 bits per heavy atom. The van der Waals surface area contributed by atoms with Gasteiger partial charge in [0.1, 0.15) is 0 Å². The summed E-state index contributed by atoms with van der Waals surface area (Å²) in [5, 5.41) is 13.8. The van der Waals surface area contributed by atoms with E-state index in [0.29, 0.717) is 12.5 Å². The summed E-state index contributed by atoms with van der Waals surface area (Å²) in [4.78, 5) is 33.3. The van der Waals surface area contributed by atoms with E-state index in [1.165, 1.54) is 0 Å². The summed E-state index contributed by atoms with van der Waals surface area (Å²) in [5.74, 6) is -0.617. The van der Waals surface area contributed by atoms with Crippen molar-refractivity contribution in [3.05, 3.63) is 0 Å². The van der Waals surface area contributed by atoms with Crippen LogP contribution in [0.3, 0.4) is 0 Å². The molecule has 0 radical (unpaired) electrons. The van der Waals surface area contributed by atoms with E-state index >= 15 is 0 Å². The first-order chi connectivity index (χ1) is 8.40. The Morgan fingerprint density at radius 3 is 2.50 bits per heavy atom. The van der Waals surface area contributed by atoms with Crippen LogP contribution in [0.5, 0.6) is 0 Å². The second kappa shape index (κ2) is 6.37. The van der Waals surface area contributed by atoms with Crippen molar-refractivity contribution in [2.45, 2.75) is 39.2 Å². The fourth-order valence-corrected chi connectivity index (χ4v) is 1.78. The average Bonchev–Trinajstić information content (AvgIpc) is 2.93. The molecule has 0 heterocycles. The lowest BCUT2D eigenvalue weighted by atomic mass is 10.2. The molecule has 1 saturated carbocycles. The van der Waals surface area contributed by atoms with Gasteiger partial charge in [0, 0.05) is 24.9 Å². The standard InChI is InChI=1S/C12H20N2O4/c1-7-5-9(7)12(18)13-4-3-10(15)14-8(2)6-11(16)17/h7-9H,3-6H2,1-2H3,(H,13,18)(H,14,15)(H,16,17). The lowest BCUT2D eigenvalue weighted by molar-refractivity contribution is -0.137. The molecule has 3 N–H and O–H groups in total. The summed E-state index contributed by atoms with van der Waals surface area (Å²) in [7, 11) is 0. The Balaban J connectivity index is 2.09. The second-order valence-corrected chi connectivity index (χ2v) is 4.93. The van der Waals surface area contributed by atoms with Gasteiger partial charge < -0.3 is 15.7 Å². The van der Waals surface area contributed by atoms with Crippen LogP contribution in [0.15, 0.2) is 0 Å². The van der Waals surface area contributed by atoms with Crippen molar-refractivity contribution >= 4 is 17.8 Å². The van der Waals surface area contributed by atoms with Crippen LogP contribution in [0, 0.1) is 11.8 Å². The number of amides is 2. The van der Waals surface area contributed by atoms with Gasteiger partial charge in [0.05, 0.1) is 6.42 Å². The molecule has 0 aliphatic heterocycles. The number of carbonyl (C=O) groups excluding carboxylic acids is 2. The van der Waals surface area contributed by atoms with Gasteiger partial charge in [-0.1, -0.05) is 6.92 Å². The fraction of sp³-hybridized carbons (Fsp3) is 0.750. The molecule has 1 fully saturated rings. The third-order valence-electron chi connectivity index (χ3n) is 2.99. The van der Waals surface area contributed by atoms with Crippen LogP contribution in [0.4, 0.5) is 0 Å². The van der Waals surface area contributed by atoms with E-state index in [1.807, 2.05) is 6.92 Å². The molecule has 1 rings (SSSR count). The highest BCUT2D eigenvalue weighted by Gasteiger charge is 2.38. The number of hydrogen-bond donors (Lipinski definition) is 3. The molecule has 1 aliphatic rings. The van der Waals surface area contributed by atoms with E-state index in [4.69, 9.17) is 5.11 Å². The first kappa shape index (κ1) is 14.5. The number of carbonyl (C=O) groups is 3. The van der Waals surface area contributed by atoms with Crippen LogP contribution in [-0.4, -0.2) is 35.5 Å². The Hall–Kier alpha value is -1.59. The normalized spacial score (nSPS) is 23.0. The largest absolute Gasteiger partial charge is 0.481 e. The van der Waals surface area contributed by atoms with Crippen molar-refractivity contribution in [3.63, 3.8) is 0 Å². The number of aliphatic carboxylic acids is 1. The van der Waals surface area contributed by atoms with Crippen LogP contribution in [0.2, 0.25) is 0 Å². The van der Waals surface area contributed by atoms with E-state index < -0.39 is 12.0 Å². The third-order valence-corrected chi connectivity index (χ3v) is 2.99. The van der Waals surface area contributed by atoms with E-state index in [2.05, 4.69) is 10.6 Å². The summed E-state index contributed by atoms with van der Waals surface area (Å²) in [6.45, 7) is 3.95. The van der Waals surface area contributed by atoms with Gasteiger partial charge in [0.15, 0.2) is 0 Å². The number of nitrogens with one attached hydrogen (secondary N) is 2. The number of rotatable bonds is 7. The van der Waals surface area contributed by atoms with Crippen LogP contribution in [-0.2, 0) is 14.4 Å². The molecule has 0 saturated heterocycles. The molecule has 0 aromatic rings. The summed E-state index contributed by atoms with van der Waals surface area (Å²) >= 11 is 0. The van der Waals surface area contributed by atoms with Gasteiger partial charge in [-0.05, 0) is 19.3 Å². The van der Waals surface area contributed by atoms with Crippen molar-refractivity contribution in [2.75, 3.05) is 6.54 Å². The molecule has 6 nitrogen and oxygen atoms in total. The minimum atomic E-state index is -0.946. The maximum atomic E-state index is 11.4. The van der Waals surface area contributed by atoms with Gasteiger partial charge in [-0.3, -0.25) is 14.4 Å². The highest BCUT2D eigenvalue weighted by molar-refractivity contribution is 5.82. The highest BCUT2D eigenvalue weighted by Crippen LogP contribution is 2.37. The lowest BCUT2D eigenvalue weighted by Gasteiger charge is -2.11. The van der Waals surface area contributed by atoms with Crippen molar-refractivity contribution in [3.8, 4) is 0 Å². The van der Waals surface area contributed by atoms with Crippen molar-refractivity contribution in [1.82, 2.24) is 10.6 Å². The quantitative estimate of drug-likeness (QED) is 0.603. The number of hydrogen-bond acceptors (Lipinski definition) is 3. The maximum absolute atomic E-state index is 11.4. The van der Waals surface area contributed by atoms with Crippen LogP contribution in [0.1, 0.15) is 33.1 Å². The molecule has 6 heteroatoms. The van der Waals surface area contributed by atoms with Crippen molar-refractivity contribution in [1.29, 1.82) is 0 Å². The first-order valence-electron chi connectivity index (χ1n) is 6.19. The molecule has 0 aromatic carbocycles. The molecule has 18 heavy (non-hydrogen) atoms. The zero-order valence-corrected chi connectivity index (χ0v) is 10.7. The Kier molecular flexibility index (Phi) is 5.12. The zero-order valence-electron chi connectivity index (χ0n) is 10.7. The summed E-state index contributed by atoms with van der Waals surface area (Å²) in [6, 6.07) is -0.394. The highest BCUT2D eigenvalue weighted by atomic mass is 16.4. The van der Waals surface area contributed by atoms with Crippen molar-refractivity contribution < 1.29 is 19.5 Å². The molecule has 1 aliphatic carbocycles. The van der Waals surface area contributed by atoms with Gasteiger partial charge >= 0.3 is 5.97 Å². The van der Waals surface area contributed by atoms with Crippen molar-refractivity contribution in [2.24, 2.45) is 11.8 Å². The molecular formula is C12H20N2O4. The molecule has 2 amide bonds. The topological polar surface area (TPSA) is 95.5 Å². The van der Waals surface area contributed by atoms with E-state index in [0.717, 1.165) is 6.42 Å².